The Morgan fingerprint density at radius 2 is 0.551 bits per heavy atom. The lowest BCUT2D eigenvalue weighted by atomic mass is 9.74. The molecule has 23 rings (SSSR count). The first-order valence-electron chi connectivity index (χ1n) is 39.4. The van der Waals surface area contributed by atoms with Crippen molar-refractivity contribution in [1.29, 1.82) is 0 Å². The summed E-state index contributed by atoms with van der Waals surface area (Å²) in [5.74, 6) is 2.81. The Morgan fingerprint density at radius 3 is 1.03 bits per heavy atom. The zero-order valence-corrected chi connectivity index (χ0v) is 65.3. The highest BCUT2D eigenvalue weighted by Crippen LogP contribution is 2.47. The summed E-state index contributed by atoms with van der Waals surface area (Å²) in [6.07, 6.45) is 0. The van der Waals surface area contributed by atoms with Crippen molar-refractivity contribution in [2.24, 2.45) is 0 Å². The maximum Gasteiger partial charge on any atom is 0.495 e. The maximum absolute atomic E-state index is 6.62. The standard InChI is InChI=1S/C49H29N3O2.C28H25BO3.C27H16ClN3O/c1-3-14-30(15-4-1)34-22-11-24-38-45-39(25-13-27-42(45)54-46(34)38)49-51-47(31-16-5-2-6-17-31)50-48(52-49)37-21-10-9-20-35(37)36-23-12-26-41-44(36)40-28-32-18-7-8-19-33(32)29-43(40)53-41;1-27(2)28(3,4)32-29(31-27)23-14-8-7-12-20(23)21-13-9-15-24-26(21)22-16-18-10-5-6-11-19(18)17-25(22)30-24;28-27-30-25(18-11-5-2-6-12-18)29-26(31-27)21-15-8-16-22-23(21)20-14-7-13-19(24(20)32-22)17-9-3-1-4-10-17/h1-29H;5-17H,1-4H3;1-16H. The minimum atomic E-state index is -0.426. The molecule has 118 heavy (non-hydrogen) atoms. The predicted molar refractivity (Wildman–Crippen MR) is 480 cm³/mol. The smallest absolute Gasteiger partial charge is 0.456 e. The van der Waals surface area contributed by atoms with Gasteiger partial charge in [0.25, 0.3) is 0 Å². The molecule has 16 aromatic carbocycles. The van der Waals surface area contributed by atoms with E-state index in [-0.39, 0.29) is 5.28 Å². The van der Waals surface area contributed by atoms with Crippen LogP contribution in [-0.2, 0) is 9.31 Å². The van der Waals surface area contributed by atoms with Crippen molar-refractivity contribution in [2.75, 3.05) is 0 Å². The maximum atomic E-state index is 6.62. The Morgan fingerprint density at radius 1 is 0.237 bits per heavy atom. The molecule has 0 atom stereocenters. The second-order valence-corrected chi connectivity index (χ2v) is 31.0. The van der Waals surface area contributed by atoms with Gasteiger partial charge in [0.15, 0.2) is 29.1 Å². The summed E-state index contributed by atoms with van der Waals surface area (Å²) in [6.45, 7) is 8.35. The monoisotopic (exact) mass is 1540 g/mol. The lowest BCUT2D eigenvalue weighted by Gasteiger charge is -2.32. The van der Waals surface area contributed by atoms with Crippen molar-refractivity contribution in [1.82, 2.24) is 29.9 Å². The Kier molecular flexibility index (Phi) is 17.6. The summed E-state index contributed by atoms with van der Waals surface area (Å²) in [5.41, 5.74) is 20.0. The molecule has 14 heteroatoms. The molecule has 6 aromatic heterocycles. The highest BCUT2D eigenvalue weighted by Gasteiger charge is 2.52. The molecule has 562 valence electrons. The quantitative estimate of drug-likeness (QED) is 0.120. The highest BCUT2D eigenvalue weighted by atomic mass is 35.5. The number of rotatable bonds is 10. The average Bonchev–Trinajstić information content (AvgIpc) is 1.66. The third-order valence-corrected chi connectivity index (χ3v) is 23.1. The Hall–Kier alpha value is -14.5. The van der Waals surface area contributed by atoms with Gasteiger partial charge in [0.1, 0.15) is 44.7 Å². The molecule has 0 saturated carbocycles. The van der Waals surface area contributed by atoms with Crippen molar-refractivity contribution >= 4 is 133 Å². The van der Waals surface area contributed by atoms with E-state index in [0.29, 0.717) is 29.1 Å². The molecule has 0 aliphatic carbocycles. The van der Waals surface area contributed by atoms with Crippen LogP contribution in [0.2, 0.25) is 5.28 Å². The van der Waals surface area contributed by atoms with Crippen LogP contribution in [-0.4, -0.2) is 48.2 Å². The van der Waals surface area contributed by atoms with Crippen LogP contribution in [0.15, 0.2) is 370 Å². The van der Waals surface area contributed by atoms with Crippen LogP contribution in [0.1, 0.15) is 27.7 Å². The van der Waals surface area contributed by atoms with Crippen molar-refractivity contribution in [2.45, 2.75) is 38.9 Å². The first-order chi connectivity index (χ1) is 57.9. The SMILES string of the molecule is CC1(C)OB(c2ccccc2-c2cccc3oc4cc5ccccc5cc4c23)OC1(C)C.Clc1nc(-c2ccccc2)nc(-c2cccc3oc4c(-c5ccccc5)cccc4c23)n1.c1ccc(-c2nc(-c3ccccc3-c3cccc4oc5cc6ccccc6cc5c34)nc(-c3cccc4oc5c(-c6ccccc6)cccc5c34)n2)cc1. The number of furan rings is 4. The molecule has 0 unspecified atom stereocenters. The molecule has 12 nitrogen and oxygen atoms in total. The van der Waals surface area contributed by atoms with Gasteiger partial charge in [-0.3, -0.25) is 0 Å². The second-order valence-electron chi connectivity index (χ2n) is 30.6. The fourth-order valence-electron chi connectivity index (χ4n) is 16.6. The lowest BCUT2D eigenvalue weighted by Crippen LogP contribution is -2.41. The largest absolute Gasteiger partial charge is 0.495 e. The van der Waals surface area contributed by atoms with Gasteiger partial charge in [0, 0.05) is 82.0 Å². The Labute approximate surface area is 683 Å². The predicted octanol–water partition coefficient (Wildman–Crippen LogP) is 27.3. The number of fused-ring (bicyclic) bond motifs is 14. The zero-order valence-electron chi connectivity index (χ0n) is 64.6. The van der Waals surface area contributed by atoms with Crippen LogP contribution < -0.4 is 5.46 Å². The topological polar surface area (TPSA) is 148 Å². The number of aromatic nitrogens is 6. The van der Waals surface area contributed by atoms with E-state index in [1.807, 2.05) is 146 Å². The molecule has 7 heterocycles. The average molecular weight is 1550 g/mol. The minimum absolute atomic E-state index is 0.156. The second kappa shape index (κ2) is 29.1. The van der Waals surface area contributed by atoms with Gasteiger partial charge in [0.2, 0.25) is 5.28 Å². The number of hydrogen-bond acceptors (Lipinski definition) is 12. The molecule has 0 radical (unpaired) electrons. The molecule has 0 spiro atoms. The summed E-state index contributed by atoms with van der Waals surface area (Å²) in [4.78, 5) is 29.1. The number of nitrogens with zero attached hydrogens (tertiary/aromatic N) is 6. The number of para-hydroxylation sites is 2. The van der Waals surface area contributed by atoms with Crippen molar-refractivity contribution in [3.8, 4) is 101 Å². The minimum Gasteiger partial charge on any atom is -0.456 e. The normalized spacial score (nSPS) is 13.2. The van der Waals surface area contributed by atoms with Gasteiger partial charge in [-0.2, -0.15) is 9.97 Å². The number of halogens is 1. The fraction of sp³-hybridized carbons (Fsp3) is 0.0577. The molecule has 1 aliphatic rings. The first kappa shape index (κ1) is 71.3. The van der Waals surface area contributed by atoms with Gasteiger partial charge < -0.3 is 27.0 Å². The fourth-order valence-corrected chi connectivity index (χ4v) is 16.7. The zero-order chi connectivity index (χ0) is 79.2. The van der Waals surface area contributed by atoms with Crippen LogP contribution in [0, 0.1) is 0 Å². The van der Waals surface area contributed by atoms with Crippen molar-refractivity contribution in [3.05, 3.63) is 357 Å². The van der Waals surface area contributed by atoms with Crippen LogP contribution in [0.3, 0.4) is 0 Å². The van der Waals surface area contributed by atoms with Gasteiger partial charge >= 0.3 is 7.12 Å². The molecule has 0 bridgehead atoms. The van der Waals surface area contributed by atoms with Gasteiger partial charge in [-0.25, -0.2) is 19.9 Å². The molecule has 1 fully saturated rings. The van der Waals surface area contributed by atoms with E-state index in [9.17, 15) is 0 Å². The highest BCUT2D eigenvalue weighted by molar-refractivity contribution is 6.64. The molecule has 0 amide bonds. The van der Waals surface area contributed by atoms with E-state index in [1.54, 1.807) is 0 Å². The molecular formula is C104H70BClN6O6. The van der Waals surface area contributed by atoms with E-state index in [0.717, 1.165) is 171 Å². The van der Waals surface area contributed by atoms with Gasteiger partial charge in [-0.15, -0.1) is 0 Å². The van der Waals surface area contributed by atoms with E-state index < -0.39 is 18.3 Å². The Bertz CT molecular complexity index is 7660. The van der Waals surface area contributed by atoms with Crippen LogP contribution >= 0.6 is 11.6 Å². The number of benzene rings is 16. The van der Waals surface area contributed by atoms with Crippen LogP contribution in [0.25, 0.3) is 211 Å². The molecule has 22 aromatic rings. The Balaban J connectivity index is 0.000000117. The molecule has 1 saturated heterocycles. The van der Waals surface area contributed by atoms with Gasteiger partial charge in [0.05, 0.1) is 11.2 Å². The molecule has 1 aliphatic heterocycles. The lowest BCUT2D eigenvalue weighted by molar-refractivity contribution is 0.00578. The molecular weight excluding hydrogens is 1480 g/mol. The summed E-state index contributed by atoms with van der Waals surface area (Å²) in [5, 5.41) is 13.2. The summed E-state index contributed by atoms with van der Waals surface area (Å²) in [7, 11) is -0.426. The van der Waals surface area contributed by atoms with Crippen LogP contribution in [0.4, 0.5) is 0 Å². The first-order valence-corrected chi connectivity index (χ1v) is 39.8. The molecule has 0 N–H and O–H groups in total. The number of hydrogen-bond donors (Lipinski definition) is 0. The summed E-state index contributed by atoms with van der Waals surface area (Å²) < 4.78 is 38.5. The summed E-state index contributed by atoms with van der Waals surface area (Å²) in [6, 6.07) is 120. The summed E-state index contributed by atoms with van der Waals surface area (Å²) >= 11 is 6.31. The van der Waals surface area contributed by atoms with Gasteiger partial charge in [-0.1, -0.05) is 303 Å². The van der Waals surface area contributed by atoms with Crippen molar-refractivity contribution in [3.63, 3.8) is 0 Å². The van der Waals surface area contributed by atoms with E-state index in [1.165, 1.54) is 16.2 Å². The van der Waals surface area contributed by atoms with E-state index in [2.05, 4.69) is 244 Å². The van der Waals surface area contributed by atoms with E-state index in [4.69, 9.17) is 58.5 Å². The van der Waals surface area contributed by atoms with E-state index >= 15 is 0 Å². The van der Waals surface area contributed by atoms with Gasteiger partial charge in [-0.05, 0) is 148 Å². The third-order valence-electron chi connectivity index (χ3n) is 22.9. The van der Waals surface area contributed by atoms with Crippen LogP contribution in [0.5, 0.6) is 0 Å². The third kappa shape index (κ3) is 12.7. The van der Waals surface area contributed by atoms with Crippen molar-refractivity contribution < 1.29 is 27.0 Å².